The first-order valence-corrected chi connectivity index (χ1v) is 7.12. The SMILES string of the molecule is COC(=O)C(NC1CCCCC1)c1ccccc1C. The first-order valence-electron chi connectivity index (χ1n) is 7.12. The van der Waals surface area contributed by atoms with Gasteiger partial charge in [0.05, 0.1) is 7.11 Å². The quantitative estimate of drug-likeness (QED) is 0.846. The smallest absolute Gasteiger partial charge is 0.327 e. The van der Waals surface area contributed by atoms with Crippen molar-refractivity contribution in [1.82, 2.24) is 5.32 Å². The van der Waals surface area contributed by atoms with E-state index in [1.54, 1.807) is 0 Å². The third-order valence-electron chi connectivity index (χ3n) is 3.94. The fourth-order valence-electron chi connectivity index (χ4n) is 2.82. The van der Waals surface area contributed by atoms with E-state index < -0.39 is 0 Å². The molecule has 1 aromatic rings. The van der Waals surface area contributed by atoms with Crippen LogP contribution in [-0.2, 0) is 9.53 Å². The Hall–Kier alpha value is -1.35. The molecule has 0 saturated heterocycles. The van der Waals surface area contributed by atoms with Gasteiger partial charge < -0.3 is 4.74 Å². The molecule has 0 aromatic heterocycles. The van der Waals surface area contributed by atoms with Gasteiger partial charge in [0, 0.05) is 6.04 Å². The van der Waals surface area contributed by atoms with Crippen LogP contribution < -0.4 is 5.32 Å². The lowest BCUT2D eigenvalue weighted by atomic mass is 9.93. The zero-order valence-electron chi connectivity index (χ0n) is 11.8. The minimum Gasteiger partial charge on any atom is -0.468 e. The number of methoxy groups -OCH3 is 1. The van der Waals surface area contributed by atoms with Crippen molar-refractivity contribution in [3.8, 4) is 0 Å². The molecule has 1 N–H and O–H groups in total. The van der Waals surface area contributed by atoms with Gasteiger partial charge >= 0.3 is 5.97 Å². The maximum absolute atomic E-state index is 12.1. The molecule has 19 heavy (non-hydrogen) atoms. The molecule has 1 aromatic carbocycles. The van der Waals surface area contributed by atoms with Crippen molar-refractivity contribution in [2.24, 2.45) is 0 Å². The lowest BCUT2D eigenvalue weighted by Crippen LogP contribution is -2.39. The summed E-state index contributed by atoms with van der Waals surface area (Å²) < 4.78 is 4.96. The number of aryl methyl sites for hydroxylation is 1. The minimum atomic E-state index is -0.339. The Morgan fingerprint density at radius 1 is 1.26 bits per heavy atom. The molecular formula is C16H23NO2. The predicted molar refractivity (Wildman–Crippen MR) is 75.9 cm³/mol. The molecule has 3 heteroatoms. The molecule has 1 fully saturated rings. The van der Waals surface area contributed by atoms with Crippen LogP contribution in [-0.4, -0.2) is 19.1 Å². The molecule has 3 nitrogen and oxygen atoms in total. The Labute approximate surface area is 115 Å². The Morgan fingerprint density at radius 3 is 2.58 bits per heavy atom. The number of hydrogen-bond donors (Lipinski definition) is 1. The monoisotopic (exact) mass is 261 g/mol. The third-order valence-corrected chi connectivity index (χ3v) is 3.94. The van der Waals surface area contributed by atoms with Crippen molar-refractivity contribution in [3.05, 3.63) is 35.4 Å². The van der Waals surface area contributed by atoms with Crippen LogP contribution in [0.15, 0.2) is 24.3 Å². The van der Waals surface area contributed by atoms with E-state index in [9.17, 15) is 4.79 Å². The maximum atomic E-state index is 12.1. The van der Waals surface area contributed by atoms with E-state index in [0.29, 0.717) is 6.04 Å². The van der Waals surface area contributed by atoms with Crippen molar-refractivity contribution in [2.45, 2.75) is 51.1 Å². The highest BCUT2D eigenvalue weighted by molar-refractivity contribution is 5.78. The van der Waals surface area contributed by atoms with Crippen molar-refractivity contribution in [3.63, 3.8) is 0 Å². The zero-order valence-corrected chi connectivity index (χ0v) is 11.8. The van der Waals surface area contributed by atoms with E-state index in [1.807, 2.05) is 31.2 Å². The second-order valence-electron chi connectivity index (χ2n) is 5.31. The van der Waals surface area contributed by atoms with Crippen molar-refractivity contribution < 1.29 is 9.53 Å². The van der Waals surface area contributed by atoms with Crippen LogP contribution in [0.5, 0.6) is 0 Å². The molecule has 0 aliphatic heterocycles. The first kappa shape index (κ1) is 14.1. The van der Waals surface area contributed by atoms with Crippen molar-refractivity contribution >= 4 is 5.97 Å². The van der Waals surface area contributed by atoms with Crippen LogP contribution >= 0.6 is 0 Å². The molecular weight excluding hydrogens is 238 g/mol. The molecule has 104 valence electrons. The average molecular weight is 261 g/mol. The van der Waals surface area contributed by atoms with E-state index >= 15 is 0 Å². The highest BCUT2D eigenvalue weighted by atomic mass is 16.5. The number of esters is 1. The summed E-state index contributed by atoms with van der Waals surface area (Å²) in [5, 5.41) is 3.49. The number of hydrogen-bond acceptors (Lipinski definition) is 3. The standard InChI is InChI=1S/C16H23NO2/c1-12-8-6-7-11-14(12)15(16(18)19-2)17-13-9-4-3-5-10-13/h6-8,11,13,15,17H,3-5,9-10H2,1-2H3. The normalized spacial score (nSPS) is 18.0. The van der Waals surface area contributed by atoms with Gasteiger partial charge in [-0.1, -0.05) is 43.5 Å². The molecule has 1 unspecified atom stereocenters. The summed E-state index contributed by atoms with van der Waals surface area (Å²) in [6, 6.07) is 8.10. The summed E-state index contributed by atoms with van der Waals surface area (Å²) in [7, 11) is 1.45. The van der Waals surface area contributed by atoms with Gasteiger partial charge in [0.2, 0.25) is 0 Å². The van der Waals surface area contributed by atoms with Gasteiger partial charge in [-0.3, -0.25) is 5.32 Å². The molecule has 2 rings (SSSR count). The van der Waals surface area contributed by atoms with E-state index in [0.717, 1.165) is 24.0 Å². The second-order valence-corrected chi connectivity index (χ2v) is 5.31. The molecule has 1 aliphatic carbocycles. The van der Waals surface area contributed by atoms with E-state index in [2.05, 4.69) is 5.32 Å². The van der Waals surface area contributed by atoms with Gasteiger partial charge in [-0.15, -0.1) is 0 Å². The number of nitrogens with one attached hydrogen (secondary N) is 1. The first-order chi connectivity index (χ1) is 9.22. The Morgan fingerprint density at radius 2 is 1.95 bits per heavy atom. The fraction of sp³-hybridized carbons (Fsp3) is 0.562. The molecule has 0 spiro atoms. The summed E-state index contributed by atoms with van der Waals surface area (Å²) in [5.41, 5.74) is 2.15. The summed E-state index contributed by atoms with van der Waals surface area (Å²) >= 11 is 0. The molecule has 1 saturated carbocycles. The van der Waals surface area contributed by atoms with Gasteiger partial charge in [0.1, 0.15) is 6.04 Å². The molecule has 0 radical (unpaired) electrons. The number of ether oxygens (including phenoxy) is 1. The third kappa shape index (κ3) is 3.57. The average Bonchev–Trinajstić information content (AvgIpc) is 2.46. The number of carbonyl (C=O) groups excluding carboxylic acids is 1. The van der Waals surface area contributed by atoms with E-state index in [4.69, 9.17) is 4.74 Å². The van der Waals surface area contributed by atoms with Gasteiger partial charge in [-0.05, 0) is 30.9 Å². The molecule has 0 heterocycles. The van der Waals surface area contributed by atoms with Gasteiger partial charge in [0.15, 0.2) is 0 Å². The fourth-order valence-corrected chi connectivity index (χ4v) is 2.82. The number of carbonyl (C=O) groups is 1. The lowest BCUT2D eigenvalue weighted by molar-refractivity contribution is -0.143. The highest BCUT2D eigenvalue weighted by Gasteiger charge is 2.26. The van der Waals surface area contributed by atoms with Crippen LogP contribution in [0, 0.1) is 6.92 Å². The molecule has 1 aliphatic rings. The summed E-state index contributed by atoms with van der Waals surface area (Å²) in [4.78, 5) is 12.1. The van der Waals surface area contributed by atoms with Crippen LogP contribution in [0.1, 0.15) is 49.3 Å². The van der Waals surface area contributed by atoms with Gasteiger partial charge in [-0.25, -0.2) is 4.79 Å². The largest absolute Gasteiger partial charge is 0.468 e. The molecule has 0 bridgehead atoms. The Kier molecular flexibility index (Phi) is 4.97. The maximum Gasteiger partial charge on any atom is 0.327 e. The lowest BCUT2D eigenvalue weighted by Gasteiger charge is -2.28. The number of rotatable bonds is 4. The molecule has 0 amide bonds. The molecule has 1 atom stereocenters. The Bertz CT molecular complexity index is 425. The van der Waals surface area contributed by atoms with Gasteiger partial charge in [0.25, 0.3) is 0 Å². The summed E-state index contributed by atoms with van der Waals surface area (Å²) in [6.07, 6.45) is 6.11. The summed E-state index contributed by atoms with van der Waals surface area (Å²) in [6.45, 7) is 2.04. The van der Waals surface area contributed by atoms with Crippen LogP contribution in [0.4, 0.5) is 0 Å². The predicted octanol–water partition coefficient (Wildman–Crippen LogP) is 3.13. The van der Waals surface area contributed by atoms with Crippen LogP contribution in [0.2, 0.25) is 0 Å². The Balaban J connectivity index is 2.16. The number of benzene rings is 1. The zero-order chi connectivity index (χ0) is 13.7. The second kappa shape index (κ2) is 6.71. The van der Waals surface area contributed by atoms with Crippen molar-refractivity contribution in [1.29, 1.82) is 0 Å². The highest BCUT2D eigenvalue weighted by Crippen LogP contribution is 2.24. The van der Waals surface area contributed by atoms with Crippen molar-refractivity contribution in [2.75, 3.05) is 7.11 Å². The van der Waals surface area contributed by atoms with E-state index in [1.165, 1.54) is 26.4 Å². The summed E-state index contributed by atoms with van der Waals surface area (Å²) in [5.74, 6) is -0.195. The topological polar surface area (TPSA) is 38.3 Å². The minimum absolute atomic E-state index is 0.195. The van der Waals surface area contributed by atoms with Crippen LogP contribution in [0.3, 0.4) is 0 Å². The van der Waals surface area contributed by atoms with Crippen LogP contribution in [0.25, 0.3) is 0 Å². The van der Waals surface area contributed by atoms with E-state index in [-0.39, 0.29) is 12.0 Å². The van der Waals surface area contributed by atoms with Gasteiger partial charge in [-0.2, -0.15) is 0 Å².